The van der Waals surface area contributed by atoms with Crippen LogP contribution >= 0.6 is 0 Å². The molecule has 1 aliphatic heterocycles. The van der Waals surface area contributed by atoms with Gasteiger partial charge in [-0.3, -0.25) is 0 Å². The van der Waals surface area contributed by atoms with Gasteiger partial charge < -0.3 is 16.0 Å². The molecule has 0 saturated heterocycles. The smallest absolute Gasteiger partial charge is 0.0925 e. The van der Waals surface area contributed by atoms with Gasteiger partial charge in [0.2, 0.25) is 0 Å². The Hall–Kier alpha value is -0.870. The Morgan fingerprint density at radius 3 is 3.07 bits per heavy atom. The molecule has 0 radical (unpaired) electrons. The molecular formula is C10H18N4. The monoisotopic (exact) mass is 194 g/mol. The first-order chi connectivity index (χ1) is 6.72. The molecule has 78 valence electrons. The highest BCUT2D eigenvalue weighted by atomic mass is 15.1. The van der Waals surface area contributed by atoms with E-state index in [2.05, 4.69) is 29.1 Å². The van der Waals surface area contributed by atoms with Crippen molar-refractivity contribution >= 4 is 0 Å². The van der Waals surface area contributed by atoms with Crippen LogP contribution in [-0.4, -0.2) is 22.6 Å². The topological polar surface area (TPSA) is 66.7 Å². The number of H-pyrrole nitrogens is 1. The molecular weight excluding hydrogens is 176 g/mol. The summed E-state index contributed by atoms with van der Waals surface area (Å²) >= 11 is 0. The van der Waals surface area contributed by atoms with Gasteiger partial charge >= 0.3 is 0 Å². The zero-order chi connectivity index (χ0) is 10.1. The number of nitrogens with two attached hydrogens (primary N) is 1. The number of nitrogens with one attached hydrogen (secondary N) is 2. The Morgan fingerprint density at radius 2 is 2.43 bits per heavy atom. The fourth-order valence-electron chi connectivity index (χ4n) is 2.06. The highest BCUT2D eigenvalue weighted by Crippen LogP contribution is 2.27. The van der Waals surface area contributed by atoms with Crippen molar-refractivity contribution in [3.8, 4) is 0 Å². The lowest BCUT2D eigenvalue weighted by Crippen LogP contribution is -2.45. The molecule has 0 aliphatic carbocycles. The van der Waals surface area contributed by atoms with Crippen molar-refractivity contribution in [2.45, 2.75) is 32.4 Å². The van der Waals surface area contributed by atoms with Crippen molar-refractivity contribution in [2.24, 2.45) is 11.7 Å². The average Bonchev–Trinajstić information content (AvgIpc) is 2.63. The minimum absolute atomic E-state index is 0.346. The molecule has 2 rings (SSSR count). The second kappa shape index (κ2) is 3.71. The molecule has 0 aromatic carbocycles. The third kappa shape index (κ3) is 1.55. The number of aromatic nitrogens is 2. The fourth-order valence-corrected chi connectivity index (χ4v) is 2.06. The average molecular weight is 194 g/mol. The molecule has 0 fully saturated rings. The normalized spacial score (nSPS) is 26.6. The van der Waals surface area contributed by atoms with Crippen LogP contribution in [0, 0.1) is 5.92 Å². The van der Waals surface area contributed by atoms with Crippen molar-refractivity contribution in [3.63, 3.8) is 0 Å². The number of imidazole rings is 1. The fraction of sp³-hybridized carbons (Fsp3) is 0.700. The molecule has 2 heterocycles. The van der Waals surface area contributed by atoms with Gasteiger partial charge in [0.1, 0.15) is 0 Å². The quantitative estimate of drug-likeness (QED) is 0.645. The summed E-state index contributed by atoms with van der Waals surface area (Å²) in [6, 6.07) is 0.730. The van der Waals surface area contributed by atoms with E-state index in [-0.39, 0.29) is 0 Å². The molecule has 0 bridgehead atoms. The van der Waals surface area contributed by atoms with E-state index >= 15 is 0 Å². The van der Waals surface area contributed by atoms with Crippen LogP contribution < -0.4 is 11.1 Å². The van der Waals surface area contributed by atoms with Gasteiger partial charge in [0.25, 0.3) is 0 Å². The standard InChI is InChI=1S/C10H18N4/c1-6(2)9-10-8(12-5-13-10)3-7(4-11)14-9/h5-7,9,14H,3-4,11H2,1-2H3,(H,12,13). The molecule has 2 unspecified atom stereocenters. The maximum Gasteiger partial charge on any atom is 0.0925 e. The molecule has 1 aliphatic rings. The Labute approximate surface area is 84.3 Å². The number of rotatable bonds is 2. The minimum atomic E-state index is 0.346. The van der Waals surface area contributed by atoms with E-state index in [0.29, 0.717) is 24.5 Å². The Balaban J connectivity index is 2.27. The zero-order valence-corrected chi connectivity index (χ0v) is 8.75. The summed E-state index contributed by atoms with van der Waals surface area (Å²) in [7, 11) is 0. The summed E-state index contributed by atoms with van der Waals surface area (Å²) in [6.45, 7) is 5.09. The first-order valence-corrected chi connectivity index (χ1v) is 5.20. The summed E-state index contributed by atoms with van der Waals surface area (Å²) in [5, 5.41) is 3.54. The van der Waals surface area contributed by atoms with E-state index in [1.54, 1.807) is 6.33 Å². The second-order valence-corrected chi connectivity index (χ2v) is 4.29. The Bertz CT molecular complexity index is 305. The van der Waals surface area contributed by atoms with Gasteiger partial charge in [-0.05, 0) is 5.92 Å². The summed E-state index contributed by atoms with van der Waals surface area (Å²) in [5.74, 6) is 0.548. The van der Waals surface area contributed by atoms with Gasteiger partial charge in [0, 0.05) is 24.7 Å². The second-order valence-electron chi connectivity index (χ2n) is 4.29. The van der Waals surface area contributed by atoms with Gasteiger partial charge in [-0.2, -0.15) is 0 Å². The van der Waals surface area contributed by atoms with Crippen molar-refractivity contribution in [2.75, 3.05) is 6.54 Å². The first kappa shape index (κ1) is 9.68. The van der Waals surface area contributed by atoms with Gasteiger partial charge in [-0.1, -0.05) is 13.8 Å². The molecule has 4 N–H and O–H groups in total. The Morgan fingerprint density at radius 1 is 1.64 bits per heavy atom. The summed E-state index contributed by atoms with van der Waals surface area (Å²) in [6.07, 6.45) is 2.75. The third-order valence-electron chi connectivity index (χ3n) is 2.86. The molecule has 1 aromatic rings. The van der Waals surface area contributed by atoms with Crippen molar-refractivity contribution in [1.82, 2.24) is 15.3 Å². The SMILES string of the molecule is CC(C)C1NC(CN)Cc2[nH]cnc21. The van der Waals surface area contributed by atoms with Crippen LogP contribution in [0.1, 0.15) is 31.3 Å². The molecule has 4 nitrogen and oxygen atoms in total. The molecule has 0 spiro atoms. The van der Waals surface area contributed by atoms with Crippen LogP contribution in [0.2, 0.25) is 0 Å². The van der Waals surface area contributed by atoms with E-state index in [1.807, 2.05) is 0 Å². The lowest BCUT2D eigenvalue weighted by molar-refractivity contribution is 0.329. The third-order valence-corrected chi connectivity index (χ3v) is 2.86. The number of hydrogen-bond acceptors (Lipinski definition) is 3. The van der Waals surface area contributed by atoms with Crippen molar-refractivity contribution in [3.05, 3.63) is 17.7 Å². The lowest BCUT2D eigenvalue weighted by atomic mass is 9.92. The largest absolute Gasteiger partial charge is 0.348 e. The van der Waals surface area contributed by atoms with Crippen LogP contribution in [0.3, 0.4) is 0 Å². The van der Waals surface area contributed by atoms with Crippen LogP contribution in [-0.2, 0) is 6.42 Å². The van der Waals surface area contributed by atoms with Gasteiger partial charge in [-0.25, -0.2) is 4.98 Å². The number of hydrogen-bond donors (Lipinski definition) is 3. The molecule has 0 saturated carbocycles. The van der Waals surface area contributed by atoms with Crippen LogP contribution in [0.5, 0.6) is 0 Å². The summed E-state index contributed by atoms with van der Waals surface area (Å²) in [5.41, 5.74) is 8.11. The maximum atomic E-state index is 5.69. The minimum Gasteiger partial charge on any atom is -0.348 e. The van der Waals surface area contributed by atoms with E-state index in [4.69, 9.17) is 5.73 Å². The number of fused-ring (bicyclic) bond motifs is 1. The number of aromatic amines is 1. The molecule has 4 heteroatoms. The lowest BCUT2D eigenvalue weighted by Gasteiger charge is -2.31. The zero-order valence-electron chi connectivity index (χ0n) is 8.75. The Kier molecular flexibility index (Phi) is 2.56. The molecule has 0 amide bonds. The van der Waals surface area contributed by atoms with Crippen LogP contribution in [0.15, 0.2) is 6.33 Å². The van der Waals surface area contributed by atoms with Crippen molar-refractivity contribution < 1.29 is 0 Å². The highest BCUT2D eigenvalue weighted by molar-refractivity contribution is 5.21. The van der Waals surface area contributed by atoms with Crippen LogP contribution in [0.25, 0.3) is 0 Å². The van der Waals surface area contributed by atoms with Gasteiger partial charge in [0.15, 0.2) is 0 Å². The van der Waals surface area contributed by atoms with Gasteiger partial charge in [0.05, 0.1) is 18.1 Å². The predicted octanol–water partition coefficient (Wildman–Crippen LogP) is 0.580. The van der Waals surface area contributed by atoms with E-state index < -0.39 is 0 Å². The van der Waals surface area contributed by atoms with Crippen LogP contribution in [0.4, 0.5) is 0 Å². The predicted molar refractivity (Wildman–Crippen MR) is 55.8 cm³/mol. The number of nitrogens with zero attached hydrogens (tertiary/aromatic N) is 1. The highest BCUT2D eigenvalue weighted by Gasteiger charge is 2.29. The summed E-state index contributed by atoms with van der Waals surface area (Å²) < 4.78 is 0. The summed E-state index contributed by atoms with van der Waals surface area (Å²) in [4.78, 5) is 7.57. The van der Waals surface area contributed by atoms with E-state index in [0.717, 1.165) is 6.42 Å². The van der Waals surface area contributed by atoms with Gasteiger partial charge in [-0.15, -0.1) is 0 Å². The van der Waals surface area contributed by atoms with Crippen molar-refractivity contribution in [1.29, 1.82) is 0 Å². The molecule has 1 aromatic heterocycles. The first-order valence-electron chi connectivity index (χ1n) is 5.20. The van der Waals surface area contributed by atoms with E-state index in [1.165, 1.54) is 11.4 Å². The maximum absolute atomic E-state index is 5.69. The van der Waals surface area contributed by atoms with E-state index in [9.17, 15) is 0 Å². The molecule has 14 heavy (non-hydrogen) atoms. The molecule has 2 atom stereocenters.